The summed E-state index contributed by atoms with van der Waals surface area (Å²) < 4.78 is 70.2. The second-order valence-electron chi connectivity index (χ2n) is 9.50. The van der Waals surface area contributed by atoms with E-state index in [1.54, 1.807) is 6.07 Å². The number of carbonyl (C=O) groups is 1. The van der Waals surface area contributed by atoms with Gasteiger partial charge in [0.1, 0.15) is 5.69 Å². The van der Waals surface area contributed by atoms with Gasteiger partial charge in [0.2, 0.25) is 15.0 Å². The number of halogens is 3. The number of hydrogen-bond acceptors (Lipinski definition) is 10. The Balaban J connectivity index is 1.94. The fourth-order valence-electron chi connectivity index (χ4n) is 3.65. The van der Waals surface area contributed by atoms with Crippen molar-refractivity contribution in [1.82, 2.24) is 10.2 Å². The predicted octanol–water partition coefficient (Wildman–Crippen LogP) is 5.48. The van der Waals surface area contributed by atoms with E-state index in [9.17, 15) is 26.4 Å². The first-order chi connectivity index (χ1) is 17.2. The molecule has 2 heterocycles. The molecule has 0 amide bonds. The SMILES string of the molecule is CC(C)COC(=O)c1nnc(N=Nc2cc3c(cc2NS(=O)(=O)CC(F)(F)F)N(CC(C)C)CCC3)s1. The number of aryl methyl sites for hydroxylation is 1. The number of alkyl halides is 3. The van der Waals surface area contributed by atoms with Gasteiger partial charge in [0, 0.05) is 18.8 Å². The largest absolute Gasteiger partial charge is 0.460 e. The van der Waals surface area contributed by atoms with E-state index in [4.69, 9.17) is 4.74 Å². The van der Waals surface area contributed by atoms with Crippen LogP contribution in [-0.2, 0) is 21.2 Å². The molecule has 15 heteroatoms. The van der Waals surface area contributed by atoms with Crippen LogP contribution in [0.3, 0.4) is 0 Å². The van der Waals surface area contributed by atoms with E-state index in [2.05, 4.69) is 25.3 Å². The quantitative estimate of drug-likeness (QED) is 0.300. The summed E-state index contributed by atoms with van der Waals surface area (Å²) in [6.07, 6.45) is -3.38. The molecule has 3 rings (SSSR count). The number of hydrogen-bond donors (Lipinski definition) is 1. The van der Waals surface area contributed by atoms with Crippen molar-refractivity contribution < 1.29 is 31.1 Å². The summed E-state index contributed by atoms with van der Waals surface area (Å²) in [5.41, 5.74) is 1.49. The van der Waals surface area contributed by atoms with Crippen molar-refractivity contribution in [3.63, 3.8) is 0 Å². The van der Waals surface area contributed by atoms with Gasteiger partial charge in [-0.1, -0.05) is 39.0 Å². The van der Waals surface area contributed by atoms with E-state index in [1.807, 2.05) is 32.4 Å². The number of sulfonamides is 1. The molecule has 0 radical (unpaired) electrons. The molecule has 0 spiro atoms. The maximum absolute atomic E-state index is 12.8. The van der Waals surface area contributed by atoms with Crippen LogP contribution >= 0.6 is 11.3 Å². The van der Waals surface area contributed by atoms with Crippen LogP contribution in [0.1, 0.15) is 49.5 Å². The van der Waals surface area contributed by atoms with Gasteiger partial charge in [0.15, 0.2) is 5.75 Å². The number of fused-ring (bicyclic) bond motifs is 1. The van der Waals surface area contributed by atoms with Crippen LogP contribution in [0, 0.1) is 11.8 Å². The van der Waals surface area contributed by atoms with Gasteiger partial charge >= 0.3 is 12.1 Å². The van der Waals surface area contributed by atoms with Crippen LogP contribution in [0.5, 0.6) is 0 Å². The maximum Gasteiger partial charge on any atom is 0.404 e. The fraction of sp³-hybridized carbons (Fsp3) is 0.591. The first-order valence-corrected chi connectivity index (χ1v) is 14.1. The molecule has 0 saturated heterocycles. The number of azo groups is 1. The number of aromatic nitrogens is 2. The number of anilines is 2. The summed E-state index contributed by atoms with van der Waals surface area (Å²) in [5, 5.41) is 15.5. The van der Waals surface area contributed by atoms with Crippen molar-refractivity contribution in [2.75, 3.05) is 35.1 Å². The monoisotopic (exact) mass is 562 g/mol. The molecule has 0 fully saturated rings. The molecule has 1 aromatic carbocycles. The molecule has 0 bridgehead atoms. The van der Waals surface area contributed by atoms with Crippen LogP contribution in [0.15, 0.2) is 22.4 Å². The number of ether oxygens (including phenoxy) is 1. The normalized spacial score (nSPS) is 14.5. The van der Waals surface area contributed by atoms with Gasteiger partial charge in [-0.25, -0.2) is 13.2 Å². The Labute approximate surface area is 217 Å². The summed E-state index contributed by atoms with van der Waals surface area (Å²) in [6.45, 7) is 9.49. The molecule has 0 saturated carbocycles. The highest BCUT2D eigenvalue weighted by Gasteiger charge is 2.35. The van der Waals surface area contributed by atoms with Crippen LogP contribution in [0.2, 0.25) is 0 Å². The first-order valence-electron chi connectivity index (χ1n) is 11.6. The van der Waals surface area contributed by atoms with E-state index < -0.39 is 27.9 Å². The highest BCUT2D eigenvalue weighted by Crippen LogP contribution is 2.39. The smallest absolute Gasteiger partial charge is 0.404 e. The number of nitrogens with one attached hydrogen (secondary N) is 1. The number of rotatable bonds is 10. The predicted molar refractivity (Wildman–Crippen MR) is 134 cm³/mol. The fourth-order valence-corrected chi connectivity index (χ4v) is 5.21. The summed E-state index contributed by atoms with van der Waals surface area (Å²) in [6, 6.07) is 3.10. The minimum atomic E-state index is -4.92. The number of esters is 1. The lowest BCUT2D eigenvalue weighted by atomic mass is 9.99. The molecule has 0 aliphatic carbocycles. The van der Waals surface area contributed by atoms with Crippen molar-refractivity contribution in [3.8, 4) is 0 Å². The third-order valence-electron chi connectivity index (χ3n) is 5.00. The Morgan fingerprint density at radius 3 is 2.57 bits per heavy atom. The second kappa shape index (κ2) is 11.7. The van der Waals surface area contributed by atoms with Gasteiger partial charge in [-0.3, -0.25) is 4.72 Å². The molecule has 204 valence electrons. The average Bonchev–Trinajstić information content (AvgIpc) is 3.23. The average molecular weight is 563 g/mol. The lowest BCUT2D eigenvalue weighted by Crippen LogP contribution is -2.33. The van der Waals surface area contributed by atoms with Crippen molar-refractivity contribution >= 4 is 49.5 Å². The van der Waals surface area contributed by atoms with Crippen LogP contribution < -0.4 is 9.62 Å². The van der Waals surface area contributed by atoms with Crippen molar-refractivity contribution in [2.24, 2.45) is 22.1 Å². The third-order valence-corrected chi connectivity index (χ3v) is 7.02. The molecule has 1 aliphatic heterocycles. The van der Waals surface area contributed by atoms with Gasteiger partial charge in [-0.15, -0.1) is 20.4 Å². The van der Waals surface area contributed by atoms with Crippen LogP contribution in [0.25, 0.3) is 0 Å². The van der Waals surface area contributed by atoms with Gasteiger partial charge < -0.3 is 9.64 Å². The van der Waals surface area contributed by atoms with Crippen molar-refractivity contribution in [3.05, 3.63) is 22.7 Å². The van der Waals surface area contributed by atoms with Crippen molar-refractivity contribution in [1.29, 1.82) is 0 Å². The molecular weight excluding hydrogens is 533 g/mol. The lowest BCUT2D eigenvalue weighted by molar-refractivity contribution is -0.106. The summed E-state index contributed by atoms with van der Waals surface area (Å²) >= 11 is 0.822. The topological polar surface area (TPSA) is 126 Å². The zero-order chi connectivity index (χ0) is 27.4. The molecule has 1 N–H and O–H groups in total. The highest BCUT2D eigenvalue weighted by atomic mass is 32.2. The van der Waals surface area contributed by atoms with Crippen molar-refractivity contribution in [2.45, 2.75) is 46.7 Å². The van der Waals surface area contributed by atoms with Gasteiger partial charge in [0.05, 0.1) is 12.3 Å². The Hall–Kier alpha value is -2.81. The van der Waals surface area contributed by atoms with Crippen LogP contribution in [0.4, 0.5) is 35.4 Å². The molecule has 0 atom stereocenters. The number of nitrogens with zero attached hydrogens (tertiary/aromatic N) is 5. The first kappa shape index (κ1) is 28.8. The molecular formula is C22H29F3N6O4S2. The minimum Gasteiger partial charge on any atom is -0.460 e. The molecule has 10 nitrogen and oxygen atoms in total. The Morgan fingerprint density at radius 1 is 1.19 bits per heavy atom. The standard InChI is InChI=1S/C22H29F3N6O4S2/c1-13(2)10-31-7-5-6-15-8-16(17(9-18(15)31)30-37(33,34)12-22(23,24)25)26-28-21-29-27-19(36-21)20(32)35-11-14(3)4/h8-9,13-14,30H,5-7,10-12H2,1-4H3. The number of benzene rings is 1. The molecule has 2 aromatic rings. The zero-order valence-electron chi connectivity index (χ0n) is 20.9. The summed E-state index contributed by atoms with van der Waals surface area (Å²) in [4.78, 5) is 14.1. The second-order valence-corrected chi connectivity index (χ2v) is 12.2. The Morgan fingerprint density at radius 2 is 1.92 bits per heavy atom. The molecule has 1 aromatic heterocycles. The van der Waals surface area contributed by atoms with Gasteiger partial charge in [-0.2, -0.15) is 13.2 Å². The molecule has 1 aliphatic rings. The van der Waals surface area contributed by atoms with E-state index in [-0.39, 0.29) is 34.0 Å². The summed E-state index contributed by atoms with van der Waals surface area (Å²) in [7, 11) is -4.77. The zero-order valence-corrected chi connectivity index (χ0v) is 22.5. The van der Waals surface area contributed by atoms with Gasteiger partial charge in [0.25, 0.3) is 5.13 Å². The van der Waals surface area contributed by atoms with E-state index >= 15 is 0 Å². The summed E-state index contributed by atoms with van der Waals surface area (Å²) in [5.74, 6) is -2.25. The highest BCUT2D eigenvalue weighted by molar-refractivity contribution is 7.92. The van der Waals surface area contributed by atoms with Gasteiger partial charge in [-0.05, 0) is 42.4 Å². The van der Waals surface area contributed by atoms with E-state index in [1.165, 1.54) is 6.07 Å². The maximum atomic E-state index is 12.8. The lowest BCUT2D eigenvalue weighted by Gasteiger charge is -2.33. The minimum absolute atomic E-state index is 0.000231. The third kappa shape index (κ3) is 8.62. The molecule has 0 unspecified atom stereocenters. The van der Waals surface area contributed by atoms with E-state index in [0.29, 0.717) is 18.9 Å². The number of carbonyl (C=O) groups excluding carboxylic acids is 1. The molecule has 37 heavy (non-hydrogen) atoms. The Bertz CT molecular complexity index is 1250. The van der Waals surface area contributed by atoms with Crippen LogP contribution in [-0.4, -0.2) is 56.2 Å². The Kier molecular flexibility index (Phi) is 9.10. The van der Waals surface area contributed by atoms with E-state index in [0.717, 1.165) is 35.6 Å².